The van der Waals surface area contributed by atoms with E-state index in [4.69, 9.17) is 14.2 Å². The fourth-order valence-corrected chi connectivity index (χ4v) is 9.14. The average Bonchev–Trinajstić information content (AvgIpc) is 3.29. The zero-order valence-electron chi connectivity index (χ0n) is 45.5. The highest BCUT2D eigenvalue weighted by atomic mass is 16.6. The second kappa shape index (κ2) is 51.3. The van der Waals surface area contributed by atoms with E-state index in [2.05, 4.69) is 41.5 Å². The number of hydrogen-bond acceptors (Lipinski definition) is 6. The Morgan fingerprint density at radius 1 is 0.303 bits per heavy atom. The first kappa shape index (κ1) is 64.4. The zero-order chi connectivity index (χ0) is 48.4. The number of rotatable bonds is 53. The second-order valence-electron chi connectivity index (χ2n) is 21.8. The molecule has 66 heavy (non-hydrogen) atoms. The molecule has 0 spiro atoms. The summed E-state index contributed by atoms with van der Waals surface area (Å²) >= 11 is 0. The van der Waals surface area contributed by atoms with E-state index in [0.717, 1.165) is 75.5 Å². The van der Waals surface area contributed by atoms with E-state index < -0.39 is 6.10 Å². The van der Waals surface area contributed by atoms with Crippen molar-refractivity contribution in [3.05, 3.63) is 0 Å². The van der Waals surface area contributed by atoms with E-state index in [-0.39, 0.29) is 31.1 Å². The summed E-state index contributed by atoms with van der Waals surface area (Å²) < 4.78 is 16.9. The Labute approximate surface area is 412 Å². The van der Waals surface area contributed by atoms with Crippen LogP contribution in [0.15, 0.2) is 0 Å². The summed E-state index contributed by atoms with van der Waals surface area (Å²) in [5.74, 6) is 1.70. The van der Waals surface area contributed by atoms with Gasteiger partial charge in [-0.05, 0) is 37.0 Å². The maximum Gasteiger partial charge on any atom is 0.306 e. The fourth-order valence-electron chi connectivity index (χ4n) is 9.14. The Morgan fingerprint density at radius 3 is 0.788 bits per heavy atom. The predicted octanol–water partition coefficient (Wildman–Crippen LogP) is 19.5. The van der Waals surface area contributed by atoms with Crippen LogP contribution in [0.4, 0.5) is 0 Å². The summed E-state index contributed by atoms with van der Waals surface area (Å²) in [6.07, 6.45) is 53.8. The topological polar surface area (TPSA) is 78.9 Å². The molecule has 6 heteroatoms. The molecule has 0 bridgehead atoms. The first-order chi connectivity index (χ1) is 32.1. The van der Waals surface area contributed by atoms with Gasteiger partial charge >= 0.3 is 17.9 Å². The van der Waals surface area contributed by atoms with Gasteiger partial charge in [-0.3, -0.25) is 14.4 Å². The Balaban J connectivity index is 4.27. The van der Waals surface area contributed by atoms with E-state index in [1.165, 1.54) is 212 Å². The van der Waals surface area contributed by atoms with Crippen molar-refractivity contribution in [1.29, 1.82) is 0 Å². The number of carbonyl (C=O) groups is 3. The van der Waals surface area contributed by atoms with Gasteiger partial charge in [-0.15, -0.1) is 0 Å². The van der Waals surface area contributed by atoms with E-state index in [1.807, 2.05) is 0 Å². The summed E-state index contributed by atoms with van der Waals surface area (Å²) in [6, 6.07) is 0. The van der Waals surface area contributed by atoms with Crippen LogP contribution >= 0.6 is 0 Å². The maximum atomic E-state index is 12.9. The van der Waals surface area contributed by atoms with Crippen molar-refractivity contribution in [1.82, 2.24) is 0 Å². The van der Waals surface area contributed by atoms with Gasteiger partial charge in [0.15, 0.2) is 6.10 Å². The smallest absolute Gasteiger partial charge is 0.306 e. The summed E-state index contributed by atoms with van der Waals surface area (Å²) in [7, 11) is 0. The van der Waals surface area contributed by atoms with Crippen molar-refractivity contribution >= 4 is 17.9 Å². The Bertz CT molecular complexity index is 1020. The Hall–Kier alpha value is -1.59. The second-order valence-corrected chi connectivity index (χ2v) is 21.8. The monoisotopic (exact) mass is 933 g/mol. The average molecular weight is 934 g/mol. The predicted molar refractivity (Wildman–Crippen MR) is 284 cm³/mol. The summed E-state index contributed by atoms with van der Waals surface area (Å²) in [4.78, 5) is 38.2. The van der Waals surface area contributed by atoms with Gasteiger partial charge in [0.2, 0.25) is 0 Å². The molecular formula is C60H116O6. The van der Waals surface area contributed by atoms with Crippen LogP contribution in [0.1, 0.15) is 330 Å². The first-order valence-corrected chi connectivity index (χ1v) is 29.6. The molecular weight excluding hydrogens is 817 g/mol. The normalized spacial score (nSPS) is 12.5. The molecule has 0 aliphatic rings. The molecule has 0 saturated heterocycles. The van der Waals surface area contributed by atoms with Gasteiger partial charge in [-0.25, -0.2) is 0 Å². The minimum Gasteiger partial charge on any atom is -0.462 e. The highest BCUT2D eigenvalue weighted by molar-refractivity contribution is 5.71. The lowest BCUT2D eigenvalue weighted by Crippen LogP contribution is -2.30. The fraction of sp³-hybridized carbons (Fsp3) is 0.950. The van der Waals surface area contributed by atoms with Crippen LogP contribution in [0.3, 0.4) is 0 Å². The molecule has 0 fully saturated rings. The third-order valence-electron chi connectivity index (χ3n) is 14.0. The van der Waals surface area contributed by atoms with E-state index in [9.17, 15) is 14.4 Å². The molecule has 2 atom stereocenters. The molecule has 0 aromatic heterocycles. The number of esters is 3. The summed E-state index contributed by atoms with van der Waals surface area (Å²) in [5, 5.41) is 0. The lowest BCUT2D eigenvalue weighted by atomic mass is 9.99. The molecule has 0 N–H and O–H groups in total. The third kappa shape index (κ3) is 51.8. The molecule has 0 aromatic carbocycles. The van der Waals surface area contributed by atoms with Crippen LogP contribution in [0.25, 0.3) is 0 Å². The summed E-state index contributed by atoms with van der Waals surface area (Å²) in [5.41, 5.74) is 0. The van der Waals surface area contributed by atoms with Crippen LogP contribution in [0.5, 0.6) is 0 Å². The van der Waals surface area contributed by atoms with Gasteiger partial charge in [0.05, 0.1) is 0 Å². The lowest BCUT2D eigenvalue weighted by Gasteiger charge is -2.18. The molecule has 0 radical (unpaired) electrons. The zero-order valence-corrected chi connectivity index (χ0v) is 45.5. The van der Waals surface area contributed by atoms with E-state index in [0.29, 0.717) is 19.3 Å². The van der Waals surface area contributed by atoms with E-state index in [1.54, 1.807) is 0 Å². The minimum atomic E-state index is -0.764. The van der Waals surface area contributed by atoms with Crippen molar-refractivity contribution in [2.45, 2.75) is 337 Å². The molecule has 0 saturated carbocycles. The molecule has 0 aliphatic carbocycles. The number of unbranched alkanes of at least 4 members (excludes halogenated alkanes) is 35. The number of carbonyl (C=O) groups excluding carboxylic acids is 3. The van der Waals surface area contributed by atoms with Gasteiger partial charge in [-0.2, -0.15) is 0 Å². The van der Waals surface area contributed by atoms with Crippen LogP contribution in [0, 0.1) is 17.8 Å². The third-order valence-corrected chi connectivity index (χ3v) is 14.0. The molecule has 1 unspecified atom stereocenters. The molecule has 0 aliphatic heterocycles. The molecule has 6 nitrogen and oxygen atoms in total. The molecule has 0 heterocycles. The van der Waals surface area contributed by atoms with Crippen molar-refractivity contribution in [3.8, 4) is 0 Å². The van der Waals surface area contributed by atoms with Gasteiger partial charge in [0.25, 0.3) is 0 Å². The number of hydrogen-bond donors (Lipinski definition) is 0. The highest BCUT2D eigenvalue weighted by Crippen LogP contribution is 2.19. The van der Waals surface area contributed by atoms with Crippen molar-refractivity contribution in [3.63, 3.8) is 0 Å². The van der Waals surface area contributed by atoms with Gasteiger partial charge < -0.3 is 14.2 Å². The van der Waals surface area contributed by atoms with Crippen molar-refractivity contribution in [2.75, 3.05) is 13.2 Å². The van der Waals surface area contributed by atoms with Gasteiger partial charge in [-0.1, -0.05) is 292 Å². The van der Waals surface area contributed by atoms with Crippen molar-refractivity contribution < 1.29 is 28.6 Å². The SMILES string of the molecule is CCC(C)CCCCCCCCCCC(=O)OC[C@@H](COC(=O)CCCCCCCCCCCCCCCCCCC(C)C)OC(=O)CCCCCCCCCCCCCCCCC(C)C. The van der Waals surface area contributed by atoms with Gasteiger partial charge in [0, 0.05) is 19.3 Å². The first-order valence-electron chi connectivity index (χ1n) is 29.6. The number of ether oxygens (including phenoxy) is 3. The Kier molecular flexibility index (Phi) is 50.0. The molecule has 392 valence electrons. The quantitative estimate of drug-likeness (QED) is 0.0343. The van der Waals surface area contributed by atoms with Crippen LogP contribution < -0.4 is 0 Å². The molecule has 0 aromatic rings. The van der Waals surface area contributed by atoms with Crippen molar-refractivity contribution in [2.24, 2.45) is 17.8 Å². The van der Waals surface area contributed by atoms with Gasteiger partial charge in [0.1, 0.15) is 13.2 Å². The molecule has 0 rings (SSSR count). The van der Waals surface area contributed by atoms with Crippen LogP contribution in [-0.4, -0.2) is 37.2 Å². The highest BCUT2D eigenvalue weighted by Gasteiger charge is 2.19. The largest absolute Gasteiger partial charge is 0.462 e. The summed E-state index contributed by atoms with van der Waals surface area (Å²) in [6.45, 7) is 13.8. The minimum absolute atomic E-state index is 0.0635. The van der Waals surface area contributed by atoms with Crippen LogP contribution in [-0.2, 0) is 28.6 Å². The van der Waals surface area contributed by atoms with E-state index >= 15 is 0 Å². The maximum absolute atomic E-state index is 12.9. The standard InChI is InChI=1S/C60H116O6/c1-7-56(6)48-42-36-30-26-27-32-38-44-50-59(62)65-53-57(66-60(63)51-45-39-33-25-21-17-13-12-15-19-23-29-35-41-47-55(4)5)52-64-58(61)49-43-37-31-24-20-16-11-9-8-10-14-18-22-28-34-40-46-54(2)3/h54-57H,7-53H2,1-6H3/t56?,57-/m1/s1. The Morgan fingerprint density at radius 2 is 0.530 bits per heavy atom. The molecule has 0 amide bonds. The lowest BCUT2D eigenvalue weighted by molar-refractivity contribution is -0.167. The van der Waals surface area contributed by atoms with Crippen LogP contribution in [0.2, 0.25) is 0 Å².